The van der Waals surface area contributed by atoms with Crippen LogP contribution in [0.25, 0.3) is 0 Å². The minimum absolute atomic E-state index is 0.434. The van der Waals surface area contributed by atoms with Crippen LogP contribution < -0.4 is 5.32 Å². The van der Waals surface area contributed by atoms with E-state index in [1.807, 2.05) is 0 Å². The highest BCUT2D eigenvalue weighted by Crippen LogP contribution is 2.18. The number of benzene rings is 1. The molecule has 0 bridgehead atoms. The van der Waals surface area contributed by atoms with Crippen molar-refractivity contribution in [3.63, 3.8) is 0 Å². The third-order valence-electron chi connectivity index (χ3n) is 3.09. The number of nitrogens with one attached hydrogen (secondary N) is 1. The molecule has 1 N–H and O–H groups in total. The molecule has 1 atom stereocenters. The van der Waals surface area contributed by atoms with Crippen LogP contribution in [0.4, 0.5) is 0 Å². The Bertz CT molecular complexity index is 313. The van der Waals surface area contributed by atoms with Crippen LogP contribution in [-0.4, -0.2) is 26.5 Å². The van der Waals surface area contributed by atoms with E-state index in [0.29, 0.717) is 6.04 Å². The van der Waals surface area contributed by atoms with Crippen LogP contribution in [0.3, 0.4) is 0 Å². The highest BCUT2D eigenvalue weighted by molar-refractivity contribution is 7.98. The molecule has 0 aliphatic carbocycles. The second-order valence-electron chi connectivity index (χ2n) is 4.50. The molecule has 1 aromatic rings. The Morgan fingerprint density at radius 3 is 2.50 bits per heavy atom. The van der Waals surface area contributed by atoms with Crippen LogP contribution in [0.1, 0.15) is 37.8 Å². The average molecular weight is 267 g/mol. The van der Waals surface area contributed by atoms with E-state index in [9.17, 15) is 0 Å². The fourth-order valence-electron chi connectivity index (χ4n) is 1.88. The van der Waals surface area contributed by atoms with E-state index in [0.717, 1.165) is 19.6 Å². The first-order valence-corrected chi connectivity index (χ1v) is 7.86. The Labute approximate surface area is 116 Å². The second kappa shape index (κ2) is 9.42. The first-order chi connectivity index (χ1) is 8.77. The van der Waals surface area contributed by atoms with Crippen LogP contribution in [0.2, 0.25) is 0 Å². The second-order valence-corrected chi connectivity index (χ2v) is 5.38. The van der Waals surface area contributed by atoms with Gasteiger partial charge in [0.25, 0.3) is 0 Å². The molecular formula is C15H25NOS. The predicted molar refractivity (Wildman–Crippen MR) is 80.4 cm³/mol. The van der Waals surface area contributed by atoms with Crippen molar-refractivity contribution in [2.75, 3.05) is 26.5 Å². The van der Waals surface area contributed by atoms with Crippen LogP contribution in [0.5, 0.6) is 0 Å². The molecule has 0 radical (unpaired) electrons. The number of hydrogen-bond acceptors (Lipinski definition) is 3. The molecule has 1 aromatic carbocycles. The van der Waals surface area contributed by atoms with Crippen molar-refractivity contribution in [3.05, 3.63) is 29.8 Å². The maximum atomic E-state index is 5.04. The van der Waals surface area contributed by atoms with Crippen LogP contribution in [0.15, 0.2) is 29.2 Å². The minimum atomic E-state index is 0.434. The van der Waals surface area contributed by atoms with E-state index in [1.54, 1.807) is 18.9 Å². The molecule has 0 fully saturated rings. The van der Waals surface area contributed by atoms with Crippen molar-refractivity contribution in [1.82, 2.24) is 5.32 Å². The van der Waals surface area contributed by atoms with Gasteiger partial charge in [0.05, 0.1) is 0 Å². The van der Waals surface area contributed by atoms with E-state index in [1.165, 1.54) is 23.3 Å². The molecule has 0 aromatic heterocycles. The summed E-state index contributed by atoms with van der Waals surface area (Å²) >= 11 is 1.79. The zero-order valence-corrected chi connectivity index (χ0v) is 12.6. The molecule has 3 heteroatoms. The number of hydrogen-bond donors (Lipinski definition) is 1. The number of methoxy groups -OCH3 is 1. The molecule has 0 saturated carbocycles. The van der Waals surface area contributed by atoms with Gasteiger partial charge < -0.3 is 10.1 Å². The van der Waals surface area contributed by atoms with Crippen molar-refractivity contribution in [2.45, 2.75) is 37.1 Å². The molecule has 18 heavy (non-hydrogen) atoms. The molecule has 0 aliphatic heterocycles. The summed E-state index contributed by atoms with van der Waals surface area (Å²) in [5.74, 6) is 0. The lowest BCUT2D eigenvalue weighted by Crippen LogP contribution is -2.19. The minimum Gasteiger partial charge on any atom is -0.385 e. The van der Waals surface area contributed by atoms with Gasteiger partial charge in [0.15, 0.2) is 0 Å². The maximum absolute atomic E-state index is 5.04. The molecule has 0 spiro atoms. The lowest BCUT2D eigenvalue weighted by atomic mass is 10.1. The normalized spacial score (nSPS) is 12.6. The maximum Gasteiger partial charge on any atom is 0.0462 e. The summed E-state index contributed by atoms with van der Waals surface area (Å²) < 4.78 is 5.04. The van der Waals surface area contributed by atoms with E-state index >= 15 is 0 Å². The van der Waals surface area contributed by atoms with Gasteiger partial charge in [-0.3, -0.25) is 0 Å². The highest BCUT2D eigenvalue weighted by atomic mass is 32.2. The molecule has 1 rings (SSSR count). The quantitative estimate of drug-likeness (QED) is 0.542. The predicted octanol–water partition coefficient (Wildman–Crippen LogP) is 3.88. The van der Waals surface area contributed by atoms with Crippen molar-refractivity contribution in [2.24, 2.45) is 0 Å². The van der Waals surface area contributed by atoms with E-state index in [-0.39, 0.29) is 0 Å². The van der Waals surface area contributed by atoms with Gasteiger partial charge in [-0.2, -0.15) is 0 Å². The fraction of sp³-hybridized carbons (Fsp3) is 0.600. The van der Waals surface area contributed by atoms with Crippen molar-refractivity contribution in [1.29, 1.82) is 0 Å². The molecular weight excluding hydrogens is 242 g/mol. The van der Waals surface area contributed by atoms with Gasteiger partial charge in [-0.15, -0.1) is 11.8 Å². The summed E-state index contributed by atoms with van der Waals surface area (Å²) in [6.45, 7) is 4.18. The smallest absolute Gasteiger partial charge is 0.0462 e. The zero-order valence-electron chi connectivity index (χ0n) is 11.7. The third-order valence-corrected chi connectivity index (χ3v) is 3.84. The number of ether oxygens (including phenoxy) is 1. The average Bonchev–Trinajstić information content (AvgIpc) is 2.42. The molecule has 0 saturated heterocycles. The largest absolute Gasteiger partial charge is 0.385 e. The van der Waals surface area contributed by atoms with Crippen LogP contribution >= 0.6 is 11.8 Å². The SMILES string of the molecule is COCCCCCNC(C)c1ccc(SC)cc1. The lowest BCUT2D eigenvalue weighted by molar-refractivity contribution is 0.192. The van der Waals surface area contributed by atoms with Gasteiger partial charge in [0.1, 0.15) is 0 Å². The number of rotatable bonds is 9. The van der Waals surface area contributed by atoms with E-state index in [2.05, 4.69) is 42.8 Å². The Morgan fingerprint density at radius 2 is 1.89 bits per heavy atom. The topological polar surface area (TPSA) is 21.3 Å². The molecule has 2 nitrogen and oxygen atoms in total. The lowest BCUT2D eigenvalue weighted by Gasteiger charge is -2.14. The number of unbranched alkanes of at least 4 members (excludes halogenated alkanes) is 2. The Hall–Kier alpha value is -0.510. The summed E-state index contributed by atoms with van der Waals surface area (Å²) in [6.07, 6.45) is 5.72. The summed E-state index contributed by atoms with van der Waals surface area (Å²) in [5.41, 5.74) is 1.37. The first-order valence-electron chi connectivity index (χ1n) is 6.64. The molecule has 0 amide bonds. The molecule has 0 heterocycles. The zero-order chi connectivity index (χ0) is 13.2. The highest BCUT2D eigenvalue weighted by Gasteiger charge is 2.03. The van der Waals surface area contributed by atoms with Crippen molar-refractivity contribution >= 4 is 11.8 Å². The monoisotopic (exact) mass is 267 g/mol. The van der Waals surface area contributed by atoms with Gasteiger partial charge in [-0.05, 0) is 56.7 Å². The molecule has 102 valence electrons. The third kappa shape index (κ3) is 5.89. The molecule has 0 aliphatic rings. The fourth-order valence-corrected chi connectivity index (χ4v) is 2.29. The molecule has 1 unspecified atom stereocenters. The van der Waals surface area contributed by atoms with Crippen LogP contribution in [0, 0.1) is 0 Å². The van der Waals surface area contributed by atoms with Gasteiger partial charge in [-0.25, -0.2) is 0 Å². The summed E-state index contributed by atoms with van der Waals surface area (Å²) in [4.78, 5) is 1.32. The van der Waals surface area contributed by atoms with Gasteiger partial charge in [0, 0.05) is 24.7 Å². The van der Waals surface area contributed by atoms with Gasteiger partial charge in [-0.1, -0.05) is 12.1 Å². The van der Waals surface area contributed by atoms with E-state index < -0.39 is 0 Å². The Morgan fingerprint density at radius 1 is 1.17 bits per heavy atom. The summed E-state index contributed by atoms with van der Waals surface area (Å²) in [7, 11) is 1.76. The van der Waals surface area contributed by atoms with E-state index in [4.69, 9.17) is 4.74 Å². The van der Waals surface area contributed by atoms with Crippen LogP contribution in [-0.2, 0) is 4.74 Å². The van der Waals surface area contributed by atoms with Gasteiger partial charge >= 0.3 is 0 Å². The first kappa shape index (κ1) is 15.5. The van der Waals surface area contributed by atoms with Crippen molar-refractivity contribution in [3.8, 4) is 0 Å². The summed E-state index contributed by atoms with van der Waals surface area (Å²) in [5, 5.41) is 3.57. The Balaban J connectivity index is 2.21. The summed E-state index contributed by atoms with van der Waals surface area (Å²) in [6, 6.07) is 9.25. The van der Waals surface area contributed by atoms with Gasteiger partial charge in [0.2, 0.25) is 0 Å². The number of thioether (sulfide) groups is 1. The standard InChI is InChI=1S/C15H25NOS/c1-13(16-11-5-4-6-12-17-2)14-7-9-15(18-3)10-8-14/h7-10,13,16H,4-6,11-12H2,1-3H3. The van der Waals surface area contributed by atoms with Crippen molar-refractivity contribution < 1.29 is 4.74 Å². The Kier molecular flexibility index (Phi) is 8.14.